The maximum absolute atomic E-state index is 11.1. The fraction of sp³-hybridized carbons (Fsp3) is 0.222. The topological polar surface area (TPSA) is 70.2 Å². The average Bonchev–Trinajstić information content (AvgIpc) is 2.84. The number of hydrogen-bond acceptors (Lipinski definition) is 5. The van der Waals surface area contributed by atoms with Crippen LogP contribution in [0, 0.1) is 0 Å². The van der Waals surface area contributed by atoms with E-state index in [0.29, 0.717) is 5.76 Å². The highest BCUT2D eigenvalue weighted by Gasteiger charge is 2.14. The number of esters is 1. The highest BCUT2D eigenvalue weighted by Crippen LogP contribution is 2.19. The summed E-state index contributed by atoms with van der Waals surface area (Å²) in [4.78, 5) is 11.1. The molecule has 0 fully saturated rings. The van der Waals surface area contributed by atoms with Crippen molar-refractivity contribution in [3.05, 3.63) is 24.2 Å². The molecule has 0 aromatic carbocycles. The molecule has 6 heteroatoms. The third-order valence-electron chi connectivity index (χ3n) is 1.89. The van der Waals surface area contributed by atoms with Gasteiger partial charge in [0, 0.05) is 19.3 Å². The summed E-state index contributed by atoms with van der Waals surface area (Å²) >= 11 is 0. The van der Waals surface area contributed by atoms with Crippen LogP contribution in [-0.2, 0) is 11.8 Å². The predicted octanol–water partition coefficient (Wildman–Crippen LogP) is 0.862. The standard InChI is InChI=1S/C9H9N3O3/c1-12-5-6(4-10-12)8-3-7(11-15-8)9(13)14-2/h3-5H,1-2H3. The molecule has 0 unspecified atom stereocenters. The Bertz CT molecular complexity index is 486. The van der Waals surface area contributed by atoms with Gasteiger partial charge in [0.05, 0.1) is 18.9 Å². The normalized spacial score (nSPS) is 10.3. The van der Waals surface area contributed by atoms with Gasteiger partial charge in [-0.25, -0.2) is 4.79 Å². The van der Waals surface area contributed by atoms with Crippen LogP contribution in [0.2, 0.25) is 0 Å². The second-order valence-corrected chi connectivity index (χ2v) is 2.97. The smallest absolute Gasteiger partial charge is 0.360 e. The van der Waals surface area contributed by atoms with Gasteiger partial charge in [-0.2, -0.15) is 5.10 Å². The summed E-state index contributed by atoms with van der Waals surface area (Å²) in [6, 6.07) is 1.52. The van der Waals surface area contributed by atoms with Crippen LogP contribution < -0.4 is 0 Å². The van der Waals surface area contributed by atoms with E-state index >= 15 is 0 Å². The van der Waals surface area contributed by atoms with Crippen molar-refractivity contribution >= 4 is 5.97 Å². The molecule has 2 rings (SSSR count). The number of aryl methyl sites for hydroxylation is 1. The first-order valence-corrected chi connectivity index (χ1v) is 4.25. The van der Waals surface area contributed by atoms with Crippen LogP contribution in [0.4, 0.5) is 0 Å². The Morgan fingerprint density at radius 1 is 1.60 bits per heavy atom. The molecule has 0 N–H and O–H groups in total. The van der Waals surface area contributed by atoms with E-state index in [4.69, 9.17) is 4.52 Å². The minimum absolute atomic E-state index is 0.149. The van der Waals surface area contributed by atoms with Crippen molar-refractivity contribution < 1.29 is 14.1 Å². The van der Waals surface area contributed by atoms with Crippen LogP contribution in [-0.4, -0.2) is 28.0 Å². The first kappa shape index (κ1) is 9.45. The first-order valence-electron chi connectivity index (χ1n) is 4.25. The quantitative estimate of drug-likeness (QED) is 0.683. The zero-order valence-electron chi connectivity index (χ0n) is 8.30. The Morgan fingerprint density at radius 2 is 2.40 bits per heavy atom. The van der Waals surface area contributed by atoms with Gasteiger partial charge in [-0.1, -0.05) is 5.16 Å². The van der Waals surface area contributed by atoms with Gasteiger partial charge in [0.15, 0.2) is 11.5 Å². The molecule has 0 aliphatic heterocycles. The van der Waals surface area contributed by atoms with E-state index in [2.05, 4.69) is 15.0 Å². The van der Waals surface area contributed by atoms with Crippen molar-refractivity contribution in [2.24, 2.45) is 7.05 Å². The number of nitrogens with zero attached hydrogens (tertiary/aromatic N) is 3. The summed E-state index contributed by atoms with van der Waals surface area (Å²) in [6.45, 7) is 0. The molecule has 0 saturated carbocycles. The van der Waals surface area contributed by atoms with Crippen LogP contribution in [0.1, 0.15) is 10.5 Å². The number of rotatable bonds is 2. The Kier molecular flexibility index (Phi) is 2.24. The van der Waals surface area contributed by atoms with Crippen LogP contribution in [0.15, 0.2) is 23.0 Å². The zero-order chi connectivity index (χ0) is 10.8. The van der Waals surface area contributed by atoms with E-state index in [1.54, 1.807) is 24.1 Å². The summed E-state index contributed by atoms with van der Waals surface area (Å²) in [5.41, 5.74) is 0.913. The van der Waals surface area contributed by atoms with Gasteiger partial charge in [-0.05, 0) is 0 Å². The van der Waals surface area contributed by atoms with Crippen LogP contribution in [0.25, 0.3) is 11.3 Å². The SMILES string of the molecule is COC(=O)c1cc(-c2cnn(C)c2)on1. The molecule has 0 amide bonds. The maximum Gasteiger partial charge on any atom is 0.360 e. The highest BCUT2D eigenvalue weighted by molar-refractivity contribution is 5.88. The van der Waals surface area contributed by atoms with E-state index in [1.165, 1.54) is 13.2 Å². The molecule has 0 spiro atoms. The van der Waals surface area contributed by atoms with E-state index in [0.717, 1.165) is 5.56 Å². The number of methoxy groups -OCH3 is 1. The molecule has 0 radical (unpaired) electrons. The highest BCUT2D eigenvalue weighted by atomic mass is 16.5. The number of ether oxygens (including phenoxy) is 1. The summed E-state index contributed by atoms with van der Waals surface area (Å²) in [6.07, 6.45) is 3.39. The fourth-order valence-electron chi connectivity index (χ4n) is 1.16. The van der Waals surface area contributed by atoms with Crippen molar-refractivity contribution in [1.82, 2.24) is 14.9 Å². The zero-order valence-corrected chi connectivity index (χ0v) is 8.30. The summed E-state index contributed by atoms with van der Waals surface area (Å²) in [7, 11) is 3.09. The predicted molar refractivity (Wildman–Crippen MR) is 50.0 cm³/mol. The van der Waals surface area contributed by atoms with Crippen LogP contribution >= 0.6 is 0 Å². The molecule has 2 aromatic rings. The van der Waals surface area contributed by atoms with Gasteiger partial charge in [0.25, 0.3) is 0 Å². The van der Waals surface area contributed by atoms with Gasteiger partial charge in [-0.3, -0.25) is 4.68 Å². The van der Waals surface area contributed by atoms with Gasteiger partial charge in [0.1, 0.15) is 0 Å². The minimum Gasteiger partial charge on any atom is -0.464 e. The van der Waals surface area contributed by atoms with Crippen molar-refractivity contribution in [2.75, 3.05) is 7.11 Å². The van der Waals surface area contributed by atoms with E-state index < -0.39 is 5.97 Å². The molecule has 6 nitrogen and oxygen atoms in total. The van der Waals surface area contributed by atoms with E-state index in [1.807, 2.05) is 0 Å². The number of hydrogen-bond donors (Lipinski definition) is 0. The Hall–Kier alpha value is -2.11. The Morgan fingerprint density at radius 3 is 3.00 bits per heavy atom. The third kappa shape index (κ3) is 1.74. The van der Waals surface area contributed by atoms with E-state index in [9.17, 15) is 4.79 Å². The largest absolute Gasteiger partial charge is 0.464 e. The molecule has 15 heavy (non-hydrogen) atoms. The lowest BCUT2D eigenvalue weighted by atomic mass is 10.2. The van der Waals surface area contributed by atoms with Crippen molar-refractivity contribution in [3.63, 3.8) is 0 Å². The molecule has 0 saturated heterocycles. The first-order chi connectivity index (χ1) is 7.20. The van der Waals surface area contributed by atoms with Crippen LogP contribution in [0.3, 0.4) is 0 Å². The van der Waals surface area contributed by atoms with Crippen molar-refractivity contribution in [1.29, 1.82) is 0 Å². The van der Waals surface area contributed by atoms with Crippen molar-refractivity contribution in [3.8, 4) is 11.3 Å². The van der Waals surface area contributed by atoms with Gasteiger partial charge >= 0.3 is 5.97 Å². The average molecular weight is 207 g/mol. The second-order valence-electron chi connectivity index (χ2n) is 2.97. The summed E-state index contributed by atoms with van der Waals surface area (Å²) in [5.74, 6) is -0.0302. The molecule has 0 atom stereocenters. The molecule has 0 aliphatic carbocycles. The molecule has 78 valence electrons. The molecule has 0 bridgehead atoms. The summed E-state index contributed by atoms with van der Waals surface area (Å²) in [5, 5.41) is 7.57. The summed E-state index contributed by atoms with van der Waals surface area (Å²) < 4.78 is 11.1. The Balaban J connectivity index is 2.31. The number of carbonyl (C=O) groups is 1. The number of aromatic nitrogens is 3. The molecule has 0 aliphatic rings. The molecule has 2 heterocycles. The second kappa shape index (κ2) is 3.56. The third-order valence-corrected chi connectivity index (χ3v) is 1.89. The number of carbonyl (C=O) groups excluding carboxylic acids is 1. The van der Waals surface area contributed by atoms with E-state index in [-0.39, 0.29) is 5.69 Å². The van der Waals surface area contributed by atoms with Gasteiger partial charge < -0.3 is 9.26 Å². The van der Waals surface area contributed by atoms with Crippen LogP contribution in [0.5, 0.6) is 0 Å². The minimum atomic E-state index is -0.520. The fourth-order valence-corrected chi connectivity index (χ4v) is 1.16. The molecule has 2 aromatic heterocycles. The van der Waals surface area contributed by atoms with Gasteiger partial charge in [-0.15, -0.1) is 0 Å². The lowest BCUT2D eigenvalue weighted by Gasteiger charge is -1.88. The molecular weight excluding hydrogens is 198 g/mol. The van der Waals surface area contributed by atoms with Crippen molar-refractivity contribution in [2.45, 2.75) is 0 Å². The lowest BCUT2D eigenvalue weighted by molar-refractivity contribution is 0.0589. The lowest BCUT2D eigenvalue weighted by Crippen LogP contribution is -2.00. The van der Waals surface area contributed by atoms with Gasteiger partial charge in [0.2, 0.25) is 0 Å². The monoisotopic (exact) mass is 207 g/mol. The Labute approximate surface area is 85.4 Å². The molecular formula is C9H9N3O3. The maximum atomic E-state index is 11.1.